The van der Waals surface area contributed by atoms with Crippen LogP contribution in [0.3, 0.4) is 0 Å². The van der Waals surface area contributed by atoms with Crippen LogP contribution < -0.4 is 4.74 Å². The van der Waals surface area contributed by atoms with Gasteiger partial charge in [-0.1, -0.05) is 13.0 Å². The molecule has 0 aliphatic carbocycles. The smallest absolute Gasteiger partial charge is 0.306 e. The molecule has 1 aliphatic rings. The van der Waals surface area contributed by atoms with E-state index in [0.717, 1.165) is 5.56 Å². The van der Waals surface area contributed by atoms with Crippen molar-refractivity contribution in [2.75, 3.05) is 11.5 Å². The fraction of sp³-hybridized carbons (Fsp3) is 0.462. The lowest BCUT2D eigenvalue weighted by Crippen LogP contribution is -2.45. The maximum Gasteiger partial charge on any atom is 0.306 e. The first-order chi connectivity index (χ1) is 9.27. The highest BCUT2D eigenvalue weighted by atomic mass is 79.9. The Morgan fingerprint density at radius 1 is 1.50 bits per heavy atom. The number of carboxylic acids is 1. The van der Waals surface area contributed by atoms with Gasteiger partial charge in [0.25, 0.3) is 0 Å². The molecule has 1 N–H and O–H groups in total. The number of halogens is 1. The number of aliphatic carboxylic acids is 1. The molecule has 1 aromatic rings. The van der Waals surface area contributed by atoms with Crippen molar-refractivity contribution in [1.29, 1.82) is 0 Å². The van der Waals surface area contributed by atoms with Crippen molar-refractivity contribution in [1.82, 2.24) is 0 Å². The van der Waals surface area contributed by atoms with Crippen molar-refractivity contribution in [3.63, 3.8) is 0 Å². The van der Waals surface area contributed by atoms with E-state index in [4.69, 9.17) is 9.84 Å². The molecule has 0 amide bonds. The van der Waals surface area contributed by atoms with Crippen molar-refractivity contribution in [2.45, 2.75) is 19.4 Å². The van der Waals surface area contributed by atoms with Gasteiger partial charge in [0, 0.05) is 0 Å². The molecule has 2 rings (SSSR count). The molecule has 1 aromatic carbocycles. The predicted octanol–water partition coefficient (Wildman–Crippen LogP) is 1.89. The molecule has 1 fully saturated rings. The van der Waals surface area contributed by atoms with Gasteiger partial charge in [0.15, 0.2) is 9.84 Å². The first kappa shape index (κ1) is 15.3. The summed E-state index contributed by atoms with van der Waals surface area (Å²) < 4.78 is 28.4. The van der Waals surface area contributed by atoms with Crippen molar-refractivity contribution < 1.29 is 23.1 Å². The number of rotatable bonds is 5. The second-order valence-corrected chi connectivity index (χ2v) is 8.03. The summed E-state index contributed by atoms with van der Waals surface area (Å²) >= 11 is 3.36. The monoisotopic (exact) mass is 362 g/mol. The molecular formula is C13H15BrO5S. The van der Waals surface area contributed by atoms with Crippen LogP contribution >= 0.6 is 15.9 Å². The Morgan fingerprint density at radius 3 is 2.65 bits per heavy atom. The maximum atomic E-state index is 11.1. The Bertz CT molecular complexity index is 614. The summed E-state index contributed by atoms with van der Waals surface area (Å²) in [7, 11) is -2.90. The van der Waals surface area contributed by atoms with Crippen LogP contribution in [0.4, 0.5) is 0 Å². The minimum atomic E-state index is -2.90. The minimum Gasteiger partial charge on any atom is -0.487 e. The number of benzene rings is 1. The van der Waals surface area contributed by atoms with Gasteiger partial charge in [-0.3, -0.25) is 4.79 Å². The lowest BCUT2D eigenvalue weighted by atomic mass is 10.0. The van der Waals surface area contributed by atoms with E-state index in [2.05, 4.69) is 15.9 Å². The molecule has 1 atom stereocenters. The quantitative estimate of drug-likeness (QED) is 0.864. The van der Waals surface area contributed by atoms with Gasteiger partial charge in [-0.15, -0.1) is 0 Å². The van der Waals surface area contributed by atoms with Gasteiger partial charge >= 0.3 is 5.97 Å². The molecule has 110 valence electrons. The molecule has 0 spiro atoms. The molecule has 1 saturated heterocycles. The molecule has 1 heterocycles. The van der Waals surface area contributed by atoms with Crippen molar-refractivity contribution in [3.05, 3.63) is 28.2 Å². The van der Waals surface area contributed by atoms with Gasteiger partial charge in [0.1, 0.15) is 11.9 Å². The van der Waals surface area contributed by atoms with Gasteiger partial charge in [-0.25, -0.2) is 8.42 Å². The molecule has 0 saturated carbocycles. The molecule has 0 aromatic heterocycles. The zero-order chi connectivity index (χ0) is 14.9. The van der Waals surface area contributed by atoms with E-state index in [1.54, 1.807) is 19.1 Å². The largest absolute Gasteiger partial charge is 0.487 e. The summed E-state index contributed by atoms with van der Waals surface area (Å²) in [6.45, 7) is 1.65. The SMILES string of the molecule is CC(Cc1ccc(OC2CS(=O)(=O)C2)c(Br)c1)C(=O)O. The number of ether oxygens (including phenoxy) is 1. The Kier molecular flexibility index (Phi) is 4.39. The first-order valence-electron chi connectivity index (χ1n) is 6.15. The maximum absolute atomic E-state index is 11.1. The van der Waals surface area contributed by atoms with E-state index in [9.17, 15) is 13.2 Å². The van der Waals surface area contributed by atoms with E-state index in [-0.39, 0.29) is 17.6 Å². The van der Waals surface area contributed by atoms with Crippen LogP contribution in [0.5, 0.6) is 5.75 Å². The summed E-state index contributed by atoms with van der Waals surface area (Å²) in [6.07, 6.45) is 0.145. The average molecular weight is 363 g/mol. The minimum absolute atomic E-state index is 0.0528. The number of carbonyl (C=O) groups is 1. The van der Waals surface area contributed by atoms with Crippen LogP contribution in [-0.4, -0.2) is 37.1 Å². The molecule has 0 radical (unpaired) electrons. The van der Waals surface area contributed by atoms with Gasteiger partial charge < -0.3 is 9.84 Å². The fourth-order valence-electron chi connectivity index (χ4n) is 1.97. The molecule has 0 bridgehead atoms. The average Bonchev–Trinajstić information content (AvgIpc) is 2.30. The van der Waals surface area contributed by atoms with Gasteiger partial charge in [-0.05, 0) is 40.0 Å². The van der Waals surface area contributed by atoms with Crippen molar-refractivity contribution in [3.8, 4) is 5.75 Å². The number of sulfone groups is 1. The Balaban J connectivity index is 2.01. The van der Waals surface area contributed by atoms with Crippen LogP contribution in [0, 0.1) is 5.92 Å². The van der Waals surface area contributed by atoms with E-state index < -0.39 is 21.7 Å². The lowest BCUT2D eigenvalue weighted by Gasteiger charge is -2.27. The van der Waals surface area contributed by atoms with Crippen LogP contribution in [0.2, 0.25) is 0 Å². The van der Waals surface area contributed by atoms with Crippen molar-refractivity contribution >= 4 is 31.7 Å². The third-order valence-corrected chi connectivity index (χ3v) is 5.51. The number of hydrogen-bond donors (Lipinski definition) is 1. The topological polar surface area (TPSA) is 80.7 Å². The number of carboxylic acid groups (broad SMARTS) is 1. The summed E-state index contributed by atoms with van der Waals surface area (Å²) in [4.78, 5) is 10.8. The summed E-state index contributed by atoms with van der Waals surface area (Å²) in [5.74, 6) is -0.600. The Morgan fingerprint density at radius 2 is 2.15 bits per heavy atom. The second kappa shape index (κ2) is 5.73. The number of hydrogen-bond acceptors (Lipinski definition) is 4. The van der Waals surface area contributed by atoms with E-state index in [0.29, 0.717) is 16.6 Å². The Hall–Kier alpha value is -1.08. The van der Waals surface area contributed by atoms with E-state index in [1.165, 1.54) is 0 Å². The molecule has 1 unspecified atom stereocenters. The predicted molar refractivity (Wildman–Crippen MR) is 77.7 cm³/mol. The van der Waals surface area contributed by atoms with E-state index >= 15 is 0 Å². The highest BCUT2D eigenvalue weighted by Crippen LogP contribution is 2.29. The third-order valence-electron chi connectivity index (χ3n) is 3.13. The standard InChI is InChI=1S/C13H15BrO5S/c1-8(13(15)16)4-9-2-3-12(11(14)5-9)19-10-6-20(17,18)7-10/h2-3,5,8,10H,4,6-7H2,1H3,(H,15,16). The third kappa shape index (κ3) is 3.73. The summed E-state index contributed by atoms with van der Waals surface area (Å²) in [6, 6.07) is 5.34. The Labute approximate surface area is 126 Å². The van der Waals surface area contributed by atoms with Gasteiger partial charge in [-0.2, -0.15) is 0 Å². The fourth-order valence-corrected chi connectivity index (χ4v) is 3.66. The molecule has 1 aliphatic heterocycles. The molecule has 20 heavy (non-hydrogen) atoms. The normalized spacial score (nSPS) is 19.1. The molecule has 5 nitrogen and oxygen atoms in total. The van der Waals surface area contributed by atoms with Crippen LogP contribution in [0.15, 0.2) is 22.7 Å². The van der Waals surface area contributed by atoms with Gasteiger partial charge in [0.05, 0.1) is 21.9 Å². The van der Waals surface area contributed by atoms with E-state index in [1.807, 2.05) is 6.07 Å². The van der Waals surface area contributed by atoms with Gasteiger partial charge in [0.2, 0.25) is 0 Å². The summed E-state index contributed by atoms with van der Waals surface area (Å²) in [5.41, 5.74) is 0.889. The highest BCUT2D eigenvalue weighted by molar-refractivity contribution is 9.10. The zero-order valence-electron chi connectivity index (χ0n) is 10.9. The summed E-state index contributed by atoms with van der Waals surface area (Å²) in [5, 5.41) is 8.88. The molecule has 7 heteroatoms. The molecular weight excluding hydrogens is 348 g/mol. The lowest BCUT2D eigenvalue weighted by molar-refractivity contribution is -0.141. The zero-order valence-corrected chi connectivity index (χ0v) is 13.3. The highest BCUT2D eigenvalue weighted by Gasteiger charge is 2.35. The first-order valence-corrected chi connectivity index (χ1v) is 8.76. The van der Waals surface area contributed by atoms with Crippen LogP contribution in [-0.2, 0) is 21.1 Å². The van der Waals surface area contributed by atoms with Crippen molar-refractivity contribution in [2.24, 2.45) is 5.92 Å². The van der Waals surface area contributed by atoms with Crippen LogP contribution in [0.1, 0.15) is 12.5 Å². The second-order valence-electron chi connectivity index (χ2n) is 5.02. The van der Waals surface area contributed by atoms with Crippen LogP contribution in [0.25, 0.3) is 0 Å².